The molecule has 0 bridgehead atoms. The Morgan fingerprint density at radius 1 is 0.639 bits per heavy atom. The molecule has 2 aromatic rings. The predicted octanol–water partition coefficient (Wildman–Crippen LogP) is 4.62. The average Bonchev–Trinajstić information content (AvgIpc) is 2.64. The molecule has 0 unspecified atom stereocenters. The van der Waals surface area contributed by atoms with Crippen LogP contribution in [-0.4, -0.2) is 22.2 Å². The van der Waals surface area contributed by atoms with Gasteiger partial charge in [0.15, 0.2) is 0 Å². The molecule has 0 aliphatic rings. The summed E-state index contributed by atoms with van der Waals surface area (Å²) in [7, 11) is 0. The fourth-order valence-corrected chi connectivity index (χ4v) is 4.02. The molecule has 2 aromatic carbocycles. The molecule has 194 valence electrons. The standard InChI is InChI=1S/C30H42O5.Na.H/c1-27(2,3)19-15-18(16-20(23(19)31)28(4,5)6)26(34)35-24-21(29(7,8)9)13-17(25(32)33)14-22(24)30(10,11)12;;/h13-16,31H,1-12H3,(H,32,33);;/q;+1;-1. The van der Waals surface area contributed by atoms with Gasteiger partial charge in [0, 0.05) is 22.3 Å². The maximum absolute atomic E-state index is 13.6. The molecule has 5 nitrogen and oxygen atoms in total. The van der Waals surface area contributed by atoms with E-state index in [9.17, 15) is 19.8 Å². The van der Waals surface area contributed by atoms with Gasteiger partial charge >= 0.3 is 41.5 Å². The van der Waals surface area contributed by atoms with Gasteiger partial charge < -0.3 is 16.4 Å². The van der Waals surface area contributed by atoms with Gasteiger partial charge in [-0.15, -0.1) is 0 Å². The Kier molecular flexibility index (Phi) is 9.40. The van der Waals surface area contributed by atoms with E-state index in [1.165, 1.54) is 0 Å². The smallest absolute Gasteiger partial charge is 1.00 e. The number of phenols is 1. The molecule has 0 saturated heterocycles. The van der Waals surface area contributed by atoms with Gasteiger partial charge in [-0.25, -0.2) is 9.59 Å². The second-order valence-corrected chi connectivity index (χ2v) is 13.5. The summed E-state index contributed by atoms with van der Waals surface area (Å²) in [5.41, 5.74) is 1.44. The normalized spacial score (nSPS) is 12.7. The zero-order valence-corrected chi connectivity index (χ0v) is 26.4. The first-order valence-electron chi connectivity index (χ1n) is 12.1. The number of rotatable bonds is 3. The van der Waals surface area contributed by atoms with Crippen LogP contribution in [0.5, 0.6) is 11.5 Å². The van der Waals surface area contributed by atoms with Crippen molar-refractivity contribution in [3.8, 4) is 11.5 Å². The second kappa shape index (κ2) is 10.5. The third-order valence-corrected chi connectivity index (χ3v) is 6.11. The molecule has 0 aromatic heterocycles. The Labute approximate surface area is 240 Å². The van der Waals surface area contributed by atoms with E-state index in [-0.39, 0.29) is 42.3 Å². The van der Waals surface area contributed by atoms with Crippen molar-refractivity contribution >= 4 is 11.9 Å². The summed E-state index contributed by atoms with van der Waals surface area (Å²) in [4.78, 5) is 25.5. The summed E-state index contributed by atoms with van der Waals surface area (Å²) in [6.45, 7) is 23.7. The van der Waals surface area contributed by atoms with Crippen LogP contribution in [0.1, 0.15) is 127 Å². The molecule has 36 heavy (non-hydrogen) atoms. The van der Waals surface area contributed by atoms with Gasteiger partial charge in [-0.1, -0.05) is 83.1 Å². The fourth-order valence-electron chi connectivity index (χ4n) is 4.02. The number of hydrogen-bond donors (Lipinski definition) is 2. The van der Waals surface area contributed by atoms with Crippen LogP contribution in [0.25, 0.3) is 0 Å². The van der Waals surface area contributed by atoms with E-state index in [1.54, 1.807) is 24.3 Å². The maximum atomic E-state index is 13.6. The van der Waals surface area contributed by atoms with Crippen molar-refractivity contribution in [1.29, 1.82) is 0 Å². The molecule has 0 amide bonds. The number of phenolic OH excluding ortho intramolecular Hbond substituents is 1. The molecule has 0 saturated carbocycles. The SMILES string of the molecule is CC(C)(C)c1cc(C(=O)Oc2c(C(C)(C)C)cc(C(=O)O)cc2C(C)(C)C)cc(C(C)(C)C)c1O.[H-].[Na+]. The Morgan fingerprint density at radius 2 is 0.944 bits per heavy atom. The fraction of sp³-hybridized carbons (Fsp3) is 0.533. The first kappa shape index (κ1) is 32.2. The topological polar surface area (TPSA) is 83.8 Å². The number of hydrogen-bond acceptors (Lipinski definition) is 4. The number of ether oxygens (including phenoxy) is 1. The van der Waals surface area contributed by atoms with Crippen LogP contribution in [0.2, 0.25) is 0 Å². The molecule has 0 aliphatic carbocycles. The van der Waals surface area contributed by atoms with E-state index in [2.05, 4.69) is 0 Å². The number of aromatic hydroxyl groups is 1. The zero-order chi connectivity index (χ0) is 27.3. The number of carbonyl (C=O) groups is 2. The van der Waals surface area contributed by atoms with Crippen LogP contribution < -0.4 is 34.3 Å². The summed E-state index contributed by atoms with van der Waals surface area (Å²) < 4.78 is 6.11. The largest absolute Gasteiger partial charge is 1.00 e. The Balaban J connectivity index is 0.00000648. The first-order valence-corrected chi connectivity index (χ1v) is 12.1. The Morgan fingerprint density at radius 3 is 1.22 bits per heavy atom. The minimum absolute atomic E-state index is 0. The molecule has 0 heterocycles. The average molecular weight is 507 g/mol. The summed E-state index contributed by atoms with van der Waals surface area (Å²) in [6.07, 6.45) is 0. The molecule has 2 N–H and O–H groups in total. The number of carboxylic acid groups (broad SMARTS) is 1. The van der Waals surface area contributed by atoms with Gasteiger partial charge in [0.2, 0.25) is 0 Å². The van der Waals surface area contributed by atoms with Crippen LogP contribution in [-0.2, 0) is 21.7 Å². The summed E-state index contributed by atoms with van der Waals surface area (Å²) in [5.74, 6) is -0.983. The van der Waals surface area contributed by atoms with Crippen LogP contribution in [0.4, 0.5) is 0 Å². The molecule has 0 spiro atoms. The third kappa shape index (κ3) is 7.14. The van der Waals surface area contributed by atoms with E-state index in [0.29, 0.717) is 33.6 Å². The van der Waals surface area contributed by atoms with Crippen LogP contribution in [0, 0.1) is 0 Å². The maximum Gasteiger partial charge on any atom is 1.00 e. The van der Waals surface area contributed by atoms with Gasteiger partial charge in [0.25, 0.3) is 0 Å². The van der Waals surface area contributed by atoms with Crippen molar-refractivity contribution in [2.45, 2.75) is 105 Å². The molecule has 0 radical (unpaired) electrons. The van der Waals surface area contributed by atoms with Crippen LogP contribution >= 0.6 is 0 Å². The van der Waals surface area contributed by atoms with Crippen molar-refractivity contribution in [3.63, 3.8) is 0 Å². The molecular formula is C30H43NaO5. The zero-order valence-electron chi connectivity index (χ0n) is 25.4. The van der Waals surface area contributed by atoms with E-state index in [0.717, 1.165) is 0 Å². The van der Waals surface area contributed by atoms with Gasteiger partial charge in [0.1, 0.15) is 11.5 Å². The van der Waals surface area contributed by atoms with E-state index < -0.39 is 33.6 Å². The predicted molar refractivity (Wildman–Crippen MR) is 142 cm³/mol. The van der Waals surface area contributed by atoms with Crippen molar-refractivity contribution < 1.29 is 55.5 Å². The quantitative estimate of drug-likeness (QED) is 0.361. The van der Waals surface area contributed by atoms with Crippen LogP contribution in [0.15, 0.2) is 24.3 Å². The van der Waals surface area contributed by atoms with Gasteiger partial charge in [0.05, 0.1) is 11.1 Å². The number of benzene rings is 2. The van der Waals surface area contributed by atoms with E-state index in [4.69, 9.17) is 4.74 Å². The Hall–Kier alpha value is -1.82. The van der Waals surface area contributed by atoms with Crippen molar-refractivity contribution in [1.82, 2.24) is 0 Å². The monoisotopic (exact) mass is 506 g/mol. The molecular weight excluding hydrogens is 463 g/mol. The number of aromatic carboxylic acids is 1. The van der Waals surface area contributed by atoms with Crippen molar-refractivity contribution in [3.05, 3.63) is 57.6 Å². The first-order chi connectivity index (χ1) is 15.5. The third-order valence-electron chi connectivity index (χ3n) is 6.11. The molecule has 0 fully saturated rings. The number of carboxylic acids is 1. The van der Waals surface area contributed by atoms with E-state index in [1.807, 2.05) is 83.1 Å². The minimum atomic E-state index is -1.03. The molecule has 0 aliphatic heterocycles. The number of carbonyl (C=O) groups excluding carboxylic acids is 1. The molecule has 0 atom stereocenters. The summed E-state index contributed by atoms with van der Waals surface area (Å²) in [6, 6.07) is 6.59. The summed E-state index contributed by atoms with van der Waals surface area (Å²) in [5, 5.41) is 20.8. The Bertz CT molecular complexity index is 1090. The van der Waals surface area contributed by atoms with Gasteiger partial charge in [-0.3, -0.25) is 0 Å². The van der Waals surface area contributed by atoms with E-state index >= 15 is 0 Å². The van der Waals surface area contributed by atoms with Gasteiger partial charge in [-0.2, -0.15) is 0 Å². The van der Waals surface area contributed by atoms with Crippen LogP contribution in [0.3, 0.4) is 0 Å². The van der Waals surface area contributed by atoms with Crippen molar-refractivity contribution in [2.75, 3.05) is 0 Å². The number of esters is 1. The second-order valence-electron chi connectivity index (χ2n) is 13.5. The van der Waals surface area contributed by atoms with Crippen molar-refractivity contribution in [2.24, 2.45) is 0 Å². The minimum Gasteiger partial charge on any atom is -1.00 e. The molecule has 6 heteroatoms. The summed E-state index contributed by atoms with van der Waals surface area (Å²) >= 11 is 0. The molecule has 2 rings (SSSR count). The van der Waals surface area contributed by atoms with Gasteiger partial charge in [-0.05, 0) is 45.9 Å².